The van der Waals surface area contributed by atoms with Gasteiger partial charge in [-0.15, -0.1) is 0 Å². The summed E-state index contributed by atoms with van der Waals surface area (Å²) in [5.41, 5.74) is 4.94. The highest BCUT2D eigenvalue weighted by Crippen LogP contribution is 2.69. The van der Waals surface area contributed by atoms with Crippen LogP contribution < -0.4 is 0 Å². The molecule has 2 aromatic rings. The smallest absolute Gasteiger partial charge is 0.0974 e. The summed E-state index contributed by atoms with van der Waals surface area (Å²) in [6.07, 6.45) is 19.2. The number of hydrogen-bond donors (Lipinski definition) is 0. The maximum absolute atomic E-state index is 7.45. The molecule has 2 saturated carbocycles. The van der Waals surface area contributed by atoms with Gasteiger partial charge in [0.25, 0.3) is 0 Å². The molecule has 3 heteroatoms. The third kappa shape index (κ3) is 2.51. The molecule has 6 atom stereocenters. The Balaban J connectivity index is 1.18. The fraction of sp³-hybridized carbons (Fsp3) is 0.567. The maximum atomic E-state index is 7.45. The highest BCUT2D eigenvalue weighted by atomic mass is 16.5. The van der Waals surface area contributed by atoms with Crippen LogP contribution in [0.3, 0.4) is 0 Å². The number of pyridine rings is 1. The van der Waals surface area contributed by atoms with E-state index in [1.165, 1.54) is 80.8 Å². The average molecular weight is 439 g/mol. The molecule has 0 N–H and O–H groups in total. The van der Waals surface area contributed by atoms with Crippen molar-refractivity contribution >= 4 is 10.8 Å². The molecule has 2 bridgehead atoms. The van der Waals surface area contributed by atoms with Crippen LogP contribution in [0.5, 0.6) is 0 Å². The molecule has 3 aliphatic heterocycles. The molecule has 1 aromatic heterocycles. The van der Waals surface area contributed by atoms with E-state index in [0.717, 1.165) is 6.04 Å². The molecule has 0 amide bonds. The van der Waals surface area contributed by atoms with Crippen molar-refractivity contribution in [3.05, 3.63) is 65.5 Å². The Labute approximate surface area is 196 Å². The largest absolute Gasteiger partial charge is 0.359 e. The van der Waals surface area contributed by atoms with Gasteiger partial charge in [-0.05, 0) is 103 Å². The fourth-order valence-corrected chi connectivity index (χ4v) is 8.98. The average Bonchev–Trinajstić information content (AvgIpc) is 3.56. The topological polar surface area (TPSA) is 25.1 Å². The van der Waals surface area contributed by atoms with Gasteiger partial charge in [0.2, 0.25) is 0 Å². The normalized spacial score (nSPS) is 43.5. The molecule has 8 rings (SSSR count). The highest BCUT2D eigenvalue weighted by molar-refractivity contribution is 5.82. The summed E-state index contributed by atoms with van der Waals surface area (Å²) in [6.45, 7) is 5.19. The number of fused-ring (bicyclic) bond motifs is 2. The van der Waals surface area contributed by atoms with Crippen LogP contribution in [0.15, 0.2) is 60.0 Å². The molecule has 6 aliphatic rings. The van der Waals surface area contributed by atoms with Crippen LogP contribution in [0, 0.1) is 11.3 Å². The molecule has 2 saturated heterocycles. The minimum atomic E-state index is -0.0373. The number of benzene rings is 1. The first-order valence-corrected chi connectivity index (χ1v) is 13.3. The van der Waals surface area contributed by atoms with Crippen molar-refractivity contribution in [2.75, 3.05) is 13.1 Å². The molecule has 3 aliphatic carbocycles. The molecule has 1 unspecified atom stereocenters. The maximum Gasteiger partial charge on any atom is 0.0974 e. The van der Waals surface area contributed by atoms with Crippen molar-refractivity contribution in [3.63, 3.8) is 0 Å². The van der Waals surface area contributed by atoms with Crippen LogP contribution in [0.2, 0.25) is 0 Å². The van der Waals surface area contributed by atoms with Gasteiger partial charge in [-0.3, -0.25) is 9.88 Å². The number of ether oxygens (including phenoxy) is 1. The van der Waals surface area contributed by atoms with Gasteiger partial charge in [0, 0.05) is 36.9 Å². The van der Waals surface area contributed by atoms with Crippen molar-refractivity contribution in [2.45, 2.75) is 81.5 Å². The lowest BCUT2D eigenvalue weighted by Gasteiger charge is -2.54. The van der Waals surface area contributed by atoms with Crippen LogP contribution in [0.4, 0.5) is 0 Å². The summed E-state index contributed by atoms with van der Waals surface area (Å²) in [5.74, 6) is 1.22. The van der Waals surface area contributed by atoms with Gasteiger partial charge in [0.15, 0.2) is 0 Å². The van der Waals surface area contributed by atoms with Gasteiger partial charge < -0.3 is 4.74 Å². The standard InChI is InChI=1S/C30H34N2O/c1-28-10-8-24-17-23-4-5-25(32-14-15-32)18-29(23)11-12-30(24,33-29)27(28)7-6-26(28)21-3-2-20-9-13-31-19-22(20)16-21/h2-3,8-9,13,16-17,19,25-27H,4-7,10-12,14-15,18H2,1H3/t25-,26?,27+,28+,29+,30+/m0/s1. The van der Waals surface area contributed by atoms with Gasteiger partial charge in [-0.25, -0.2) is 0 Å². The van der Waals surface area contributed by atoms with Crippen molar-refractivity contribution < 1.29 is 4.74 Å². The second-order valence-corrected chi connectivity index (χ2v) is 12.1. The Morgan fingerprint density at radius 1 is 1.06 bits per heavy atom. The van der Waals surface area contributed by atoms with E-state index < -0.39 is 0 Å². The number of hydrogen-bond acceptors (Lipinski definition) is 3. The second-order valence-electron chi connectivity index (χ2n) is 12.1. The van der Waals surface area contributed by atoms with E-state index in [0.29, 0.717) is 11.8 Å². The Kier molecular flexibility index (Phi) is 3.73. The molecule has 4 fully saturated rings. The van der Waals surface area contributed by atoms with Crippen LogP contribution in [-0.4, -0.2) is 40.2 Å². The zero-order valence-corrected chi connectivity index (χ0v) is 19.7. The fourth-order valence-electron chi connectivity index (χ4n) is 8.98. The van der Waals surface area contributed by atoms with E-state index in [1.807, 2.05) is 12.4 Å². The summed E-state index contributed by atoms with van der Waals surface area (Å²) in [5, 5.41) is 2.57. The molecule has 170 valence electrons. The third-order valence-electron chi connectivity index (χ3n) is 10.7. The van der Waals surface area contributed by atoms with E-state index in [1.54, 1.807) is 11.1 Å². The van der Waals surface area contributed by atoms with Crippen molar-refractivity contribution in [1.29, 1.82) is 0 Å². The molecule has 33 heavy (non-hydrogen) atoms. The van der Waals surface area contributed by atoms with Crippen LogP contribution >= 0.6 is 0 Å². The SMILES string of the molecule is C[C@]12CC=C3C=C4CC[C@H](N5CC5)C[C@]45CC[C@]3(O5)[C@@H]1CCC2c1ccc2ccncc2c1. The number of rotatable bonds is 2. The summed E-state index contributed by atoms with van der Waals surface area (Å²) >= 11 is 0. The lowest BCUT2D eigenvalue weighted by Crippen LogP contribution is -2.54. The molecule has 0 radical (unpaired) electrons. The van der Waals surface area contributed by atoms with Crippen LogP contribution in [0.25, 0.3) is 10.8 Å². The molecule has 1 aromatic carbocycles. The Morgan fingerprint density at radius 3 is 2.91 bits per heavy atom. The molecule has 3 nitrogen and oxygen atoms in total. The van der Waals surface area contributed by atoms with Crippen molar-refractivity contribution in [3.8, 4) is 0 Å². The predicted octanol–water partition coefficient (Wildman–Crippen LogP) is 6.16. The molecule has 2 spiro atoms. The van der Waals surface area contributed by atoms with Crippen molar-refractivity contribution in [1.82, 2.24) is 9.88 Å². The molecule has 4 heterocycles. The van der Waals surface area contributed by atoms with Gasteiger partial charge in [0.1, 0.15) is 0 Å². The summed E-state index contributed by atoms with van der Waals surface area (Å²) in [6, 6.07) is 9.99. The van der Waals surface area contributed by atoms with E-state index in [4.69, 9.17) is 4.74 Å². The minimum Gasteiger partial charge on any atom is -0.359 e. The van der Waals surface area contributed by atoms with Crippen LogP contribution in [0.1, 0.15) is 69.8 Å². The Morgan fingerprint density at radius 2 is 2.00 bits per heavy atom. The quantitative estimate of drug-likeness (QED) is 0.525. The first-order chi connectivity index (χ1) is 16.1. The number of nitrogens with zero attached hydrogens (tertiary/aromatic N) is 2. The lowest BCUT2D eigenvalue weighted by atomic mass is 9.58. The van der Waals surface area contributed by atoms with Crippen molar-refractivity contribution in [2.24, 2.45) is 11.3 Å². The third-order valence-corrected chi connectivity index (χ3v) is 10.7. The number of aromatic nitrogens is 1. The Hall–Kier alpha value is -1.97. The Bertz CT molecular complexity index is 1230. The van der Waals surface area contributed by atoms with Crippen LogP contribution in [-0.2, 0) is 4.74 Å². The van der Waals surface area contributed by atoms with E-state index in [2.05, 4.69) is 53.2 Å². The van der Waals surface area contributed by atoms with Gasteiger partial charge >= 0.3 is 0 Å². The molecular weight excluding hydrogens is 404 g/mol. The second kappa shape index (κ2) is 6.37. The van der Waals surface area contributed by atoms with Gasteiger partial charge in [0.05, 0.1) is 11.2 Å². The lowest BCUT2D eigenvalue weighted by molar-refractivity contribution is -0.138. The minimum absolute atomic E-state index is 0.0355. The van der Waals surface area contributed by atoms with E-state index >= 15 is 0 Å². The number of allylic oxidation sites excluding steroid dienone is 1. The van der Waals surface area contributed by atoms with E-state index in [-0.39, 0.29) is 16.6 Å². The summed E-state index contributed by atoms with van der Waals surface area (Å²) < 4.78 is 7.45. The first kappa shape index (κ1) is 19.3. The van der Waals surface area contributed by atoms with E-state index in [9.17, 15) is 0 Å². The zero-order chi connectivity index (χ0) is 21.8. The van der Waals surface area contributed by atoms with Gasteiger partial charge in [-0.2, -0.15) is 0 Å². The zero-order valence-electron chi connectivity index (χ0n) is 19.7. The monoisotopic (exact) mass is 438 g/mol. The summed E-state index contributed by atoms with van der Waals surface area (Å²) in [4.78, 5) is 7.06. The highest BCUT2D eigenvalue weighted by Gasteiger charge is 2.66. The first-order valence-electron chi connectivity index (χ1n) is 13.3. The summed E-state index contributed by atoms with van der Waals surface area (Å²) in [7, 11) is 0. The van der Waals surface area contributed by atoms with Gasteiger partial charge in [-0.1, -0.05) is 31.2 Å². The predicted molar refractivity (Wildman–Crippen MR) is 131 cm³/mol. The molecular formula is C30H34N2O.